The molecule has 1 fully saturated rings. The van der Waals surface area contributed by atoms with E-state index in [0.717, 1.165) is 12.8 Å². The molecule has 166 valence electrons. The SMILES string of the molecule is CCCCCCCCCCCCC/C=C/CCO[C@@H]1CO[C@H]([C@@H](O)CO)[C@@H]1O. The van der Waals surface area contributed by atoms with Crippen LogP contribution in [0.3, 0.4) is 0 Å². The molecule has 5 nitrogen and oxygen atoms in total. The minimum Gasteiger partial charge on any atom is -0.394 e. The molecule has 0 aliphatic carbocycles. The Labute approximate surface area is 172 Å². The van der Waals surface area contributed by atoms with Crippen LogP contribution in [0.4, 0.5) is 0 Å². The van der Waals surface area contributed by atoms with Gasteiger partial charge in [0, 0.05) is 0 Å². The molecule has 1 aliphatic rings. The van der Waals surface area contributed by atoms with Crippen LogP contribution in [0.15, 0.2) is 12.2 Å². The van der Waals surface area contributed by atoms with E-state index in [0.29, 0.717) is 6.61 Å². The van der Waals surface area contributed by atoms with Crippen LogP contribution in [0.5, 0.6) is 0 Å². The molecule has 1 rings (SSSR count). The molecule has 0 aromatic rings. The Hall–Kier alpha value is -0.460. The van der Waals surface area contributed by atoms with E-state index in [1.165, 1.54) is 70.6 Å². The number of unbranched alkanes of at least 4 members (excludes halogenated alkanes) is 11. The highest BCUT2D eigenvalue weighted by molar-refractivity contribution is 4.89. The number of rotatable bonds is 18. The van der Waals surface area contributed by atoms with Gasteiger partial charge in [0.05, 0.1) is 19.8 Å². The highest BCUT2D eigenvalue weighted by Crippen LogP contribution is 2.20. The van der Waals surface area contributed by atoms with E-state index >= 15 is 0 Å². The summed E-state index contributed by atoms with van der Waals surface area (Å²) in [6.45, 7) is 2.63. The van der Waals surface area contributed by atoms with Crippen molar-refractivity contribution in [3.63, 3.8) is 0 Å². The van der Waals surface area contributed by atoms with Crippen molar-refractivity contribution in [1.82, 2.24) is 0 Å². The number of hydrogen-bond donors (Lipinski definition) is 3. The average Bonchev–Trinajstić information content (AvgIpc) is 3.07. The summed E-state index contributed by atoms with van der Waals surface area (Å²) < 4.78 is 10.9. The van der Waals surface area contributed by atoms with E-state index < -0.39 is 31.0 Å². The lowest BCUT2D eigenvalue weighted by atomic mass is 10.1. The maximum atomic E-state index is 10.0. The fourth-order valence-corrected chi connectivity index (χ4v) is 3.65. The van der Waals surface area contributed by atoms with Crippen molar-refractivity contribution in [2.75, 3.05) is 19.8 Å². The molecule has 0 amide bonds. The normalized spacial score (nSPS) is 23.6. The van der Waals surface area contributed by atoms with E-state index in [1.54, 1.807) is 0 Å². The molecule has 3 N–H and O–H groups in total. The number of aliphatic hydroxyl groups is 3. The van der Waals surface area contributed by atoms with Crippen molar-refractivity contribution in [2.24, 2.45) is 0 Å². The summed E-state index contributed by atoms with van der Waals surface area (Å²) in [6, 6.07) is 0. The minimum atomic E-state index is -1.06. The van der Waals surface area contributed by atoms with Crippen LogP contribution < -0.4 is 0 Å². The van der Waals surface area contributed by atoms with Crippen molar-refractivity contribution in [2.45, 2.75) is 115 Å². The molecule has 0 saturated carbocycles. The van der Waals surface area contributed by atoms with Gasteiger partial charge in [-0.3, -0.25) is 0 Å². The van der Waals surface area contributed by atoms with Crippen molar-refractivity contribution >= 4 is 0 Å². The van der Waals surface area contributed by atoms with Gasteiger partial charge in [0.1, 0.15) is 24.4 Å². The molecular weight excluding hydrogens is 356 g/mol. The molecule has 1 aliphatic heterocycles. The summed E-state index contributed by atoms with van der Waals surface area (Å²) in [7, 11) is 0. The molecule has 5 heteroatoms. The average molecular weight is 401 g/mol. The lowest BCUT2D eigenvalue weighted by Gasteiger charge is -2.20. The van der Waals surface area contributed by atoms with Crippen LogP contribution in [0.25, 0.3) is 0 Å². The molecule has 1 heterocycles. The smallest absolute Gasteiger partial charge is 0.114 e. The largest absolute Gasteiger partial charge is 0.394 e. The molecule has 0 spiro atoms. The topological polar surface area (TPSA) is 79.2 Å². The number of ether oxygens (including phenoxy) is 2. The first-order valence-electron chi connectivity index (χ1n) is 11.6. The van der Waals surface area contributed by atoms with Gasteiger partial charge in [-0.05, 0) is 19.3 Å². The van der Waals surface area contributed by atoms with Gasteiger partial charge in [-0.15, -0.1) is 0 Å². The van der Waals surface area contributed by atoms with Crippen LogP contribution in [-0.2, 0) is 9.47 Å². The van der Waals surface area contributed by atoms with Gasteiger partial charge < -0.3 is 24.8 Å². The lowest BCUT2D eigenvalue weighted by Crippen LogP contribution is -2.41. The third-order valence-corrected chi connectivity index (χ3v) is 5.49. The zero-order valence-electron chi connectivity index (χ0n) is 17.9. The number of aliphatic hydroxyl groups excluding tert-OH is 3. The van der Waals surface area contributed by atoms with E-state index in [2.05, 4.69) is 19.1 Å². The number of hydrogen-bond acceptors (Lipinski definition) is 5. The van der Waals surface area contributed by atoms with Gasteiger partial charge >= 0.3 is 0 Å². The Morgan fingerprint density at radius 1 is 0.929 bits per heavy atom. The minimum absolute atomic E-state index is 0.255. The number of allylic oxidation sites excluding steroid dienone is 1. The fraction of sp³-hybridized carbons (Fsp3) is 0.913. The van der Waals surface area contributed by atoms with Gasteiger partial charge in [0.15, 0.2) is 0 Å². The summed E-state index contributed by atoms with van der Waals surface area (Å²) >= 11 is 0. The first kappa shape index (κ1) is 25.6. The Balaban J connectivity index is 1.86. The molecule has 0 radical (unpaired) electrons. The summed E-state index contributed by atoms with van der Waals surface area (Å²) in [6.07, 6.45) is 18.2. The predicted octanol–water partition coefficient (Wildman–Crippen LogP) is 4.13. The second-order valence-corrected chi connectivity index (χ2v) is 8.03. The first-order valence-corrected chi connectivity index (χ1v) is 11.6. The fourth-order valence-electron chi connectivity index (χ4n) is 3.65. The van der Waals surface area contributed by atoms with Crippen molar-refractivity contribution in [3.05, 3.63) is 12.2 Å². The van der Waals surface area contributed by atoms with Crippen molar-refractivity contribution in [3.8, 4) is 0 Å². The second-order valence-electron chi connectivity index (χ2n) is 8.03. The van der Waals surface area contributed by atoms with Gasteiger partial charge in [-0.1, -0.05) is 83.3 Å². The summed E-state index contributed by atoms with van der Waals surface area (Å²) in [5.74, 6) is 0. The van der Waals surface area contributed by atoms with E-state index in [-0.39, 0.29) is 6.61 Å². The van der Waals surface area contributed by atoms with Crippen LogP contribution in [0.1, 0.15) is 90.4 Å². The predicted molar refractivity (Wildman–Crippen MR) is 113 cm³/mol. The van der Waals surface area contributed by atoms with Crippen LogP contribution >= 0.6 is 0 Å². The van der Waals surface area contributed by atoms with Gasteiger partial charge in [-0.25, -0.2) is 0 Å². The Morgan fingerprint density at radius 2 is 1.50 bits per heavy atom. The molecule has 28 heavy (non-hydrogen) atoms. The molecule has 1 saturated heterocycles. The monoisotopic (exact) mass is 400 g/mol. The molecular formula is C23H44O5. The maximum absolute atomic E-state index is 10.0. The molecule has 0 unspecified atom stereocenters. The molecule has 0 aromatic heterocycles. The zero-order valence-corrected chi connectivity index (χ0v) is 17.9. The Bertz CT molecular complexity index is 374. The Kier molecular flexibility index (Phi) is 15.9. The van der Waals surface area contributed by atoms with Gasteiger partial charge in [0.2, 0.25) is 0 Å². The van der Waals surface area contributed by atoms with Crippen molar-refractivity contribution < 1.29 is 24.8 Å². The molecule has 0 bridgehead atoms. The lowest BCUT2D eigenvalue weighted by molar-refractivity contribution is -0.0726. The van der Waals surface area contributed by atoms with E-state index in [9.17, 15) is 10.2 Å². The van der Waals surface area contributed by atoms with E-state index in [4.69, 9.17) is 14.6 Å². The summed E-state index contributed by atoms with van der Waals surface area (Å²) in [4.78, 5) is 0. The van der Waals surface area contributed by atoms with Crippen molar-refractivity contribution in [1.29, 1.82) is 0 Å². The maximum Gasteiger partial charge on any atom is 0.114 e. The highest BCUT2D eigenvalue weighted by atomic mass is 16.6. The van der Waals surface area contributed by atoms with Crippen LogP contribution in [0.2, 0.25) is 0 Å². The standard InChI is InChI=1S/C23H44O5/c1-2-3-4-5-6-7-8-9-10-11-12-13-14-15-16-17-27-21-19-28-23(22(21)26)20(25)18-24/h14-15,20-26H,2-13,16-19H2,1H3/b15-14+/t20-,21+,22+,23+/m0/s1. The quantitative estimate of drug-likeness (QED) is 0.238. The van der Waals surface area contributed by atoms with E-state index in [1.807, 2.05) is 0 Å². The van der Waals surface area contributed by atoms with Gasteiger partial charge in [0.25, 0.3) is 0 Å². The summed E-state index contributed by atoms with van der Waals surface area (Å²) in [5, 5.41) is 28.5. The van der Waals surface area contributed by atoms with Gasteiger partial charge in [-0.2, -0.15) is 0 Å². The summed E-state index contributed by atoms with van der Waals surface area (Å²) in [5.41, 5.74) is 0. The second kappa shape index (κ2) is 17.4. The van der Waals surface area contributed by atoms with Crippen LogP contribution in [-0.4, -0.2) is 59.6 Å². The molecule has 4 atom stereocenters. The Morgan fingerprint density at radius 3 is 2.11 bits per heavy atom. The third-order valence-electron chi connectivity index (χ3n) is 5.49. The highest BCUT2D eigenvalue weighted by Gasteiger charge is 2.40. The van der Waals surface area contributed by atoms with Crippen LogP contribution in [0, 0.1) is 0 Å². The first-order chi connectivity index (χ1) is 13.7. The molecule has 0 aromatic carbocycles. The third kappa shape index (κ3) is 11.5. The zero-order chi connectivity index (χ0) is 20.5.